The minimum Gasteiger partial charge on any atom is -0.497 e. The summed E-state index contributed by atoms with van der Waals surface area (Å²) >= 11 is 0. The van der Waals surface area contributed by atoms with Crippen molar-refractivity contribution < 1.29 is 14.6 Å². The van der Waals surface area contributed by atoms with Crippen LogP contribution < -0.4 is 9.64 Å². The average molecular weight is 233 g/mol. The molecule has 1 N–H and O–H groups in total. The first-order chi connectivity index (χ1) is 8.22. The predicted octanol–water partition coefficient (Wildman–Crippen LogP) is 2.16. The maximum atomic E-state index is 11.2. The van der Waals surface area contributed by atoms with Gasteiger partial charge in [0.1, 0.15) is 5.75 Å². The van der Waals surface area contributed by atoms with E-state index in [1.165, 1.54) is 0 Å². The standard InChI is InChI=1S/C13H15NO3/c1-17-10-5-6-11(13(15)16)12(9-10)14-7-3-2-4-8-14/h2-3,5-6,9H,4,7-8H2,1H3,(H,15,16). The zero-order chi connectivity index (χ0) is 12.3. The molecule has 90 valence electrons. The molecule has 0 fully saturated rings. The van der Waals surface area contributed by atoms with E-state index in [0.29, 0.717) is 11.3 Å². The summed E-state index contributed by atoms with van der Waals surface area (Å²) in [6.45, 7) is 1.58. The van der Waals surface area contributed by atoms with E-state index in [-0.39, 0.29) is 0 Å². The van der Waals surface area contributed by atoms with Crippen LogP contribution in [0.5, 0.6) is 5.75 Å². The minimum absolute atomic E-state index is 0.320. The topological polar surface area (TPSA) is 49.8 Å². The van der Waals surface area contributed by atoms with Crippen LogP contribution in [0.15, 0.2) is 30.4 Å². The third kappa shape index (κ3) is 2.41. The molecule has 1 aromatic carbocycles. The molecule has 0 atom stereocenters. The molecule has 1 aliphatic heterocycles. The maximum absolute atomic E-state index is 11.2. The molecule has 0 saturated carbocycles. The summed E-state index contributed by atoms with van der Waals surface area (Å²) in [7, 11) is 1.58. The SMILES string of the molecule is COc1ccc(C(=O)O)c(N2CC=CCC2)c1. The molecule has 0 aliphatic carbocycles. The largest absolute Gasteiger partial charge is 0.497 e. The molecule has 0 radical (unpaired) electrons. The Hall–Kier alpha value is -1.97. The molecule has 1 heterocycles. The summed E-state index contributed by atoms with van der Waals surface area (Å²) in [5, 5.41) is 9.17. The van der Waals surface area contributed by atoms with Gasteiger partial charge in [0.2, 0.25) is 0 Å². The first-order valence-corrected chi connectivity index (χ1v) is 5.53. The lowest BCUT2D eigenvalue weighted by molar-refractivity contribution is 0.0697. The number of aromatic carboxylic acids is 1. The molecular weight excluding hydrogens is 218 g/mol. The van der Waals surface area contributed by atoms with Crippen molar-refractivity contribution in [1.82, 2.24) is 0 Å². The Balaban J connectivity index is 2.40. The molecular formula is C13H15NO3. The van der Waals surface area contributed by atoms with E-state index < -0.39 is 5.97 Å². The lowest BCUT2D eigenvalue weighted by atomic mass is 10.1. The Labute approximate surface area is 100 Å². The fourth-order valence-electron chi connectivity index (χ4n) is 1.94. The van der Waals surface area contributed by atoms with E-state index >= 15 is 0 Å². The normalized spacial score (nSPS) is 14.8. The van der Waals surface area contributed by atoms with Gasteiger partial charge in [0, 0.05) is 19.2 Å². The Bertz CT molecular complexity index is 454. The zero-order valence-electron chi connectivity index (χ0n) is 9.72. The summed E-state index contributed by atoms with van der Waals surface area (Å²) in [5.74, 6) is -0.225. The minimum atomic E-state index is -0.905. The van der Waals surface area contributed by atoms with Crippen LogP contribution >= 0.6 is 0 Å². The van der Waals surface area contributed by atoms with E-state index in [1.807, 2.05) is 4.90 Å². The second-order valence-electron chi connectivity index (χ2n) is 3.89. The summed E-state index contributed by atoms with van der Waals surface area (Å²) in [6.07, 6.45) is 5.10. The van der Waals surface area contributed by atoms with Gasteiger partial charge in [0.05, 0.1) is 18.4 Å². The van der Waals surface area contributed by atoms with E-state index in [9.17, 15) is 9.90 Å². The van der Waals surface area contributed by atoms with E-state index in [0.717, 1.165) is 25.2 Å². The second kappa shape index (κ2) is 4.91. The molecule has 0 bridgehead atoms. The van der Waals surface area contributed by atoms with Crippen LogP contribution in [0.1, 0.15) is 16.8 Å². The number of hydrogen-bond acceptors (Lipinski definition) is 3. The molecule has 1 aliphatic rings. The van der Waals surface area contributed by atoms with Crippen LogP contribution in [0, 0.1) is 0 Å². The molecule has 0 spiro atoms. The quantitative estimate of drug-likeness (QED) is 0.813. The number of carboxylic acids is 1. The first-order valence-electron chi connectivity index (χ1n) is 5.53. The average Bonchev–Trinajstić information content (AvgIpc) is 2.39. The van der Waals surface area contributed by atoms with Crippen molar-refractivity contribution >= 4 is 11.7 Å². The van der Waals surface area contributed by atoms with Crippen molar-refractivity contribution in [3.63, 3.8) is 0 Å². The number of ether oxygens (including phenoxy) is 1. The van der Waals surface area contributed by atoms with E-state index in [2.05, 4.69) is 12.2 Å². The molecule has 17 heavy (non-hydrogen) atoms. The van der Waals surface area contributed by atoms with Gasteiger partial charge in [0.25, 0.3) is 0 Å². The first kappa shape index (κ1) is 11.5. The molecule has 0 amide bonds. The molecule has 4 heteroatoms. The van der Waals surface area contributed by atoms with Crippen molar-refractivity contribution in [3.05, 3.63) is 35.9 Å². The molecule has 0 aromatic heterocycles. The Kier molecular flexibility index (Phi) is 3.32. The van der Waals surface area contributed by atoms with Crippen molar-refractivity contribution in [1.29, 1.82) is 0 Å². The number of benzene rings is 1. The number of nitrogens with zero attached hydrogens (tertiary/aromatic N) is 1. The molecule has 0 unspecified atom stereocenters. The van der Waals surface area contributed by atoms with Crippen LogP contribution in [0.25, 0.3) is 0 Å². The van der Waals surface area contributed by atoms with Crippen LogP contribution in [-0.4, -0.2) is 31.3 Å². The number of carbonyl (C=O) groups is 1. The monoisotopic (exact) mass is 233 g/mol. The zero-order valence-corrected chi connectivity index (χ0v) is 9.72. The summed E-state index contributed by atoms with van der Waals surface area (Å²) in [4.78, 5) is 13.2. The highest BCUT2D eigenvalue weighted by Crippen LogP contribution is 2.27. The van der Waals surface area contributed by atoms with Gasteiger partial charge in [-0.25, -0.2) is 4.79 Å². The van der Waals surface area contributed by atoms with Crippen LogP contribution in [0.4, 0.5) is 5.69 Å². The Morgan fingerprint density at radius 3 is 2.82 bits per heavy atom. The predicted molar refractivity (Wildman–Crippen MR) is 65.9 cm³/mol. The molecule has 1 aromatic rings. The molecule has 0 saturated heterocycles. The van der Waals surface area contributed by atoms with Crippen molar-refractivity contribution in [3.8, 4) is 5.75 Å². The van der Waals surface area contributed by atoms with Gasteiger partial charge in [-0.1, -0.05) is 12.2 Å². The van der Waals surface area contributed by atoms with E-state index in [1.54, 1.807) is 25.3 Å². The third-order valence-electron chi connectivity index (χ3n) is 2.83. The highest BCUT2D eigenvalue weighted by Gasteiger charge is 2.17. The maximum Gasteiger partial charge on any atom is 0.337 e. The highest BCUT2D eigenvalue weighted by atomic mass is 16.5. The Morgan fingerprint density at radius 2 is 2.24 bits per heavy atom. The van der Waals surface area contributed by atoms with Crippen molar-refractivity contribution in [2.45, 2.75) is 6.42 Å². The summed E-state index contributed by atoms with van der Waals surface area (Å²) < 4.78 is 5.14. The lowest BCUT2D eigenvalue weighted by Crippen LogP contribution is -2.28. The van der Waals surface area contributed by atoms with Crippen LogP contribution in [0.2, 0.25) is 0 Å². The van der Waals surface area contributed by atoms with Gasteiger partial charge in [-0.3, -0.25) is 0 Å². The van der Waals surface area contributed by atoms with Gasteiger partial charge in [-0.05, 0) is 18.6 Å². The highest BCUT2D eigenvalue weighted by molar-refractivity contribution is 5.95. The lowest BCUT2D eigenvalue weighted by Gasteiger charge is -2.27. The van der Waals surface area contributed by atoms with Gasteiger partial charge >= 0.3 is 5.97 Å². The molecule has 4 nitrogen and oxygen atoms in total. The second-order valence-corrected chi connectivity index (χ2v) is 3.89. The molecule has 2 rings (SSSR count). The van der Waals surface area contributed by atoms with Crippen LogP contribution in [0.3, 0.4) is 0 Å². The van der Waals surface area contributed by atoms with Gasteiger partial charge in [-0.15, -0.1) is 0 Å². The number of rotatable bonds is 3. The number of anilines is 1. The number of carboxylic acid groups (broad SMARTS) is 1. The van der Waals surface area contributed by atoms with E-state index in [4.69, 9.17) is 4.74 Å². The third-order valence-corrected chi connectivity index (χ3v) is 2.83. The summed E-state index contributed by atoms with van der Waals surface area (Å²) in [5.41, 5.74) is 1.04. The number of hydrogen-bond donors (Lipinski definition) is 1. The Morgan fingerprint density at radius 1 is 1.41 bits per heavy atom. The number of methoxy groups -OCH3 is 1. The van der Waals surface area contributed by atoms with Crippen LogP contribution in [-0.2, 0) is 0 Å². The van der Waals surface area contributed by atoms with Crippen molar-refractivity contribution in [2.24, 2.45) is 0 Å². The summed E-state index contributed by atoms with van der Waals surface area (Å²) in [6, 6.07) is 5.05. The fraction of sp³-hybridized carbons (Fsp3) is 0.308. The fourth-order valence-corrected chi connectivity index (χ4v) is 1.94. The smallest absolute Gasteiger partial charge is 0.337 e. The van der Waals surface area contributed by atoms with Gasteiger partial charge in [-0.2, -0.15) is 0 Å². The van der Waals surface area contributed by atoms with Gasteiger partial charge < -0.3 is 14.7 Å². The van der Waals surface area contributed by atoms with Crippen molar-refractivity contribution in [2.75, 3.05) is 25.1 Å². The van der Waals surface area contributed by atoms with Gasteiger partial charge in [0.15, 0.2) is 0 Å².